The summed E-state index contributed by atoms with van der Waals surface area (Å²) in [5.74, 6) is 3.50. The first-order valence-electron chi connectivity index (χ1n) is 16.5. The lowest BCUT2D eigenvalue weighted by Gasteiger charge is -2.12. The van der Waals surface area contributed by atoms with Gasteiger partial charge < -0.3 is 9.47 Å². The van der Waals surface area contributed by atoms with Gasteiger partial charge in [-0.2, -0.15) is 0 Å². The minimum atomic E-state index is 0.563. The molecule has 0 spiro atoms. The van der Waals surface area contributed by atoms with Crippen molar-refractivity contribution < 1.29 is 9.47 Å². The van der Waals surface area contributed by atoms with Crippen LogP contribution in [0, 0.1) is 0 Å². The van der Waals surface area contributed by atoms with Crippen LogP contribution >= 0.6 is 0 Å². The van der Waals surface area contributed by atoms with Gasteiger partial charge in [-0.15, -0.1) is 0 Å². The molecule has 0 aliphatic carbocycles. The molecule has 0 aliphatic rings. The van der Waals surface area contributed by atoms with Gasteiger partial charge in [-0.25, -0.2) is 9.97 Å². The van der Waals surface area contributed by atoms with Crippen LogP contribution in [-0.2, 0) is 12.8 Å². The number of hydrogen-bond acceptors (Lipinski definition) is 6. The van der Waals surface area contributed by atoms with E-state index in [1.165, 1.54) is 11.1 Å². The number of hydrogen-bond donors (Lipinski definition) is 0. The molecule has 0 bridgehead atoms. The Morgan fingerprint density at radius 3 is 1.41 bits per heavy atom. The molecule has 0 unspecified atom stereocenters. The topological polar surface area (TPSA) is 75.0 Å². The first-order valence-corrected chi connectivity index (χ1v) is 16.5. The van der Waals surface area contributed by atoms with Gasteiger partial charge in [0.15, 0.2) is 0 Å². The highest BCUT2D eigenvalue weighted by Gasteiger charge is 2.17. The summed E-state index contributed by atoms with van der Waals surface area (Å²) in [6, 6.07) is 38.6. The van der Waals surface area contributed by atoms with Crippen LogP contribution in [0.15, 0.2) is 140 Å². The smallest absolute Gasteiger partial charge is 0.234 e. The third-order valence-electron chi connectivity index (χ3n) is 8.60. The summed E-state index contributed by atoms with van der Waals surface area (Å²) in [4.78, 5) is 18.4. The van der Waals surface area contributed by atoms with E-state index in [4.69, 9.17) is 9.47 Å². The first-order chi connectivity index (χ1) is 24.1. The quantitative estimate of drug-likeness (QED) is 0.156. The molecule has 0 saturated carbocycles. The summed E-state index contributed by atoms with van der Waals surface area (Å²) >= 11 is 0. The van der Waals surface area contributed by atoms with E-state index >= 15 is 0 Å². The Kier molecular flexibility index (Phi) is 7.99. The zero-order valence-corrected chi connectivity index (χ0v) is 27.2. The maximum atomic E-state index is 6.54. The molecule has 7 nitrogen and oxygen atoms in total. The van der Waals surface area contributed by atoms with Crippen molar-refractivity contribution >= 4 is 21.8 Å². The summed E-state index contributed by atoms with van der Waals surface area (Å²) in [5, 5.41) is 2.12. The molecule has 4 aromatic heterocycles. The van der Waals surface area contributed by atoms with E-state index in [1.807, 2.05) is 79.1 Å². The van der Waals surface area contributed by atoms with Crippen molar-refractivity contribution in [3.8, 4) is 51.5 Å². The third kappa shape index (κ3) is 6.10. The number of benzene rings is 4. The molecule has 4 aromatic carbocycles. The predicted molar refractivity (Wildman–Crippen MR) is 195 cm³/mol. The number of aromatic nitrogens is 5. The zero-order chi connectivity index (χ0) is 33.2. The van der Waals surface area contributed by atoms with Crippen molar-refractivity contribution in [3.05, 3.63) is 151 Å². The van der Waals surface area contributed by atoms with Crippen LogP contribution in [0.5, 0.6) is 23.0 Å². The molecular formula is C42H33N5O2. The Morgan fingerprint density at radius 2 is 0.959 bits per heavy atom. The number of aryl methyl sites for hydroxylation is 2. The average molecular weight is 640 g/mol. The van der Waals surface area contributed by atoms with Gasteiger partial charge in [0.2, 0.25) is 5.95 Å². The number of pyridine rings is 2. The Bertz CT molecular complexity index is 2260. The number of ether oxygens (including phenoxy) is 2. The van der Waals surface area contributed by atoms with Crippen LogP contribution < -0.4 is 9.47 Å². The van der Waals surface area contributed by atoms with Gasteiger partial charge in [-0.05, 0) is 115 Å². The van der Waals surface area contributed by atoms with E-state index in [2.05, 4.69) is 86.9 Å². The van der Waals surface area contributed by atoms with Crippen molar-refractivity contribution in [1.29, 1.82) is 0 Å². The van der Waals surface area contributed by atoms with Crippen LogP contribution in [0.3, 0.4) is 0 Å². The fourth-order valence-corrected chi connectivity index (χ4v) is 6.21. The molecule has 0 aliphatic heterocycles. The third-order valence-corrected chi connectivity index (χ3v) is 8.60. The monoisotopic (exact) mass is 639 g/mol. The Labute approximate surface area is 284 Å². The van der Waals surface area contributed by atoms with Crippen LogP contribution in [0.25, 0.3) is 50.3 Å². The normalized spacial score (nSPS) is 11.2. The van der Waals surface area contributed by atoms with E-state index < -0.39 is 0 Å². The van der Waals surface area contributed by atoms with Crippen LogP contribution in [0.1, 0.15) is 25.0 Å². The van der Waals surface area contributed by atoms with Crippen molar-refractivity contribution in [2.75, 3.05) is 0 Å². The highest BCUT2D eigenvalue weighted by molar-refractivity contribution is 6.09. The summed E-state index contributed by atoms with van der Waals surface area (Å²) in [6.07, 6.45) is 8.90. The molecule has 0 saturated heterocycles. The molecule has 8 rings (SSSR count). The van der Waals surface area contributed by atoms with Crippen molar-refractivity contribution in [2.24, 2.45) is 0 Å². The van der Waals surface area contributed by atoms with Crippen LogP contribution in [0.2, 0.25) is 0 Å². The Morgan fingerprint density at radius 1 is 0.469 bits per heavy atom. The number of fused-ring (bicyclic) bond motifs is 3. The highest BCUT2D eigenvalue weighted by Crippen LogP contribution is 2.38. The summed E-state index contributed by atoms with van der Waals surface area (Å²) in [6.45, 7) is 4.28. The standard InChI is InChI=1S/C42H33N5O2/c1-3-28-20-30(38-10-5-7-16-43-38)24-34(22-28)48-32-12-14-36-37-15-13-33(27-41(37)47(40(36)26-32)42-45-18-9-19-46-42)49-35-23-29(4-2)21-31(25-35)39-11-6-8-17-44-39/h5-27H,3-4H2,1-2H3. The zero-order valence-electron chi connectivity index (χ0n) is 27.2. The van der Waals surface area contributed by atoms with Gasteiger partial charge in [0, 0.05) is 58.8 Å². The largest absolute Gasteiger partial charge is 0.457 e. The molecule has 0 fully saturated rings. The van der Waals surface area contributed by atoms with E-state index in [-0.39, 0.29) is 0 Å². The molecule has 0 N–H and O–H groups in total. The molecule has 238 valence electrons. The lowest BCUT2D eigenvalue weighted by molar-refractivity contribution is 0.482. The van der Waals surface area contributed by atoms with Gasteiger partial charge in [-0.1, -0.05) is 26.0 Å². The lowest BCUT2D eigenvalue weighted by Crippen LogP contribution is -2.00. The number of rotatable bonds is 9. The lowest BCUT2D eigenvalue weighted by atomic mass is 10.1. The SMILES string of the molecule is CCc1cc(Oc2ccc3c4ccc(Oc5cc(CC)cc(-c6ccccn6)c5)cc4n(-c4ncccn4)c3c2)cc(-c2ccccn2)c1. The van der Waals surface area contributed by atoms with Crippen LogP contribution in [0.4, 0.5) is 0 Å². The van der Waals surface area contributed by atoms with E-state index in [9.17, 15) is 0 Å². The van der Waals surface area contributed by atoms with Crippen molar-refractivity contribution in [2.45, 2.75) is 26.7 Å². The maximum absolute atomic E-state index is 6.54. The van der Waals surface area contributed by atoms with Gasteiger partial charge in [0.05, 0.1) is 22.4 Å². The fourth-order valence-electron chi connectivity index (χ4n) is 6.21. The van der Waals surface area contributed by atoms with Crippen molar-refractivity contribution in [1.82, 2.24) is 24.5 Å². The van der Waals surface area contributed by atoms with Gasteiger partial charge in [0.25, 0.3) is 0 Å². The second kappa shape index (κ2) is 13.0. The maximum Gasteiger partial charge on any atom is 0.234 e. The van der Waals surface area contributed by atoms with Crippen LogP contribution in [-0.4, -0.2) is 24.5 Å². The molecule has 4 heterocycles. The van der Waals surface area contributed by atoms with Gasteiger partial charge in [-0.3, -0.25) is 14.5 Å². The molecule has 0 amide bonds. The second-order valence-corrected chi connectivity index (χ2v) is 11.8. The molecular weight excluding hydrogens is 606 g/mol. The minimum Gasteiger partial charge on any atom is -0.457 e. The molecule has 7 heteroatoms. The van der Waals surface area contributed by atoms with E-state index in [0.717, 1.165) is 68.7 Å². The second-order valence-electron chi connectivity index (χ2n) is 11.8. The molecule has 0 radical (unpaired) electrons. The molecule has 8 aromatic rings. The van der Waals surface area contributed by atoms with Gasteiger partial charge in [0.1, 0.15) is 23.0 Å². The Hall–Kier alpha value is -6.34. The summed E-state index contributed by atoms with van der Waals surface area (Å²) in [7, 11) is 0. The Balaban J connectivity index is 1.21. The summed E-state index contributed by atoms with van der Waals surface area (Å²) in [5.41, 5.74) is 8.07. The molecule has 49 heavy (non-hydrogen) atoms. The highest BCUT2D eigenvalue weighted by atomic mass is 16.5. The first kappa shape index (κ1) is 30.0. The van der Waals surface area contributed by atoms with Crippen molar-refractivity contribution in [3.63, 3.8) is 0 Å². The predicted octanol–water partition coefficient (Wildman–Crippen LogP) is 10.4. The average Bonchev–Trinajstić information content (AvgIpc) is 3.48. The summed E-state index contributed by atoms with van der Waals surface area (Å²) < 4.78 is 15.1. The number of nitrogens with zero attached hydrogens (tertiary/aromatic N) is 5. The van der Waals surface area contributed by atoms with E-state index in [1.54, 1.807) is 12.4 Å². The molecule has 0 atom stereocenters. The minimum absolute atomic E-state index is 0.563. The fraction of sp³-hybridized carbons (Fsp3) is 0.0952. The van der Waals surface area contributed by atoms with Gasteiger partial charge >= 0.3 is 0 Å². The van der Waals surface area contributed by atoms with E-state index in [0.29, 0.717) is 17.4 Å².